The van der Waals surface area contributed by atoms with E-state index in [1.54, 1.807) is 26.4 Å². The summed E-state index contributed by atoms with van der Waals surface area (Å²) in [5.74, 6) is 3.45. The minimum atomic E-state index is -0.362. The van der Waals surface area contributed by atoms with Crippen molar-refractivity contribution in [1.82, 2.24) is 0 Å². The molecule has 5 aromatic carbocycles. The first-order valence-corrected chi connectivity index (χ1v) is 15.5. The monoisotopic (exact) mass is 631 g/mol. The third-order valence-corrected chi connectivity index (χ3v) is 8.20. The lowest BCUT2D eigenvalue weighted by molar-refractivity contribution is 0.413. The summed E-state index contributed by atoms with van der Waals surface area (Å²) in [6.07, 6.45) is 7.17. The molecule has 0 fully saturated rings. The number of methoxy groups -OCH3 is 2. The summed E-state index contributed by atoms with van der Waals surface area (Å²) in [4.78, 5) is 27.1. The van der Waals surface area contributed by atoms with Gasteiger partial charge >= 0.3 is 11.5 Å². The van der Waals surface area contributed by atoms with Gasteiger partial charge < -0.3 is 14.2 Å². The molecule has 234 valence electrons. The second-order valence-electron chi connectivity index (χ2n) is 11.4. The van der Waals surface area contributed by atoms with Crippen molar-refractivity contribution in [2.45, 2.75) is 0 Å². The van der Waals surface area contributed by atoms with E-state index >= 15 is 0 Å². The Morgan fingerprint density at radius 3 is 1.73 bits per heavy atom. The quantitative estimate of drug-likeness (QED) is 0.171. The number of hydrogen-bond acceptors (Lipinski definition) is 5. The predicted octanol–water partition coefficient (Wildman–Crippen LogP) is 6.85. The average molecular weight is 632 g/mol. The molecule has 1 aliphatic heterocycles. The molecule has 0 bridgehead atoms. The van der Waals surface area contributed by atoms with Crippen LogP contribution in [0.3, 0.4) is 0 Å². The zero-order valence-electron chi connectivity index (χ0n) is 26.4. The van der Waals surface area contributed by atoms with Crippen molar-refractivity contribution in [1.29, 1.82) is 0 Å². The molecule has 0 saturated heterocycles. The van der Waals surface area contributed by atoms with Crippen molar-refractivity contribution in [3.05, 3.63) is 181 Å². The molecular weight excluding hydrogens is 600 g/mol. The lowest BCUT2D eigenvalue weighted by Gasteiger charge is -2.21. The summed E-state index contributed by atoms with van der Waals surface area (Å²) in [6, 6.07) is 38.2. The minimum Gasteiger partial charge on any atom is -0.497 e. The van der Waals surface area contributed by atoms with E-state index in [1.165, 1.54) is 0 Å². The molecule has 2 heterocycles. The first-order valence-electron chi connectivity index (χ1n) is 15.5. The number of allylic oxidation sites excluding steroid dienone is 2. The normalized spacial score (nSPS) is 14.0. The number of hydrogen-bond donors (Lipinski definition) is 0. The van der Waals surface area contributed by atoms with Crippen molar-refractivity contribution in [3.8, 4) is 34.1 Å². The Kier molecular flexibility index (Phi) is 8.37. The van der Waals surface area contributed by atoms with Crippen molar-refractivity contribution < 1.29 is 18.6 Å². The number of rotatable bonds is 8. The Hall–Kier alpha value is -6.27. The molecule has 0 amide bonds. The first-order chi connectivity index (χ1) is 23.5. The lowest BCUT2D eigenvalue weighted by atomic mass is 9.97. The highest BCUT2D eigenvalue weighted by atomic mass is 16.5. The van der Waals surface area contributed by atoms with Gasteiger partial charge in [-0.3, -0.25) is 9.59 Å². The van der Waals surface area contributed by atoms with E-state index in [-0.39, 0.29) is 27.2 Å². The molecule has 7 rings (SSSR count). The van der Waals surface area contributed by atoms with Crippen LogP contribution in [-0.4, -0.2) is 14.2 Å². The Morgan fingerprint density at radius 2 is 1.10 bits per heavy atom. The van der Waals surface area contributed by atoms with Gasteiger partial charge in [-0.2, -0.15) is 0 Å². The van der Waals surface area contributed by atoms with Crippen LogP contribution >= 0.6 is 0 Å². The molecule has 0 N–H and O–H groups in total. The van der Waals surface area contributed by atoms with Crippen LogP contribution in [0.5, 0.6) is 11.5 Å². The SMILES string of the molecule is COc1cccc(C2=CC(C=c3c(=O)c(=Cc4cc(-c5ccccc5)[o+]c(-c5cccc(OC)c5)c4)c3=O)C=C(c3ccccc3)O2)c1. The van der Waals surface area contributed by atoms with Crippen LogP contribution < -0.4 is 30.8 Å². The third kappa shape index (κ3) is 6.24. The molecule has 0 aliphatic carbocycles. The molecule has 0 saturated carbocycles. The first kappa shape index (κ1) is 30.4. The summed E-state index contributed by atoms with van der Waals surface area (Å²) in [5, 5.41) is 0.273. The van der Waals surface area contributed by atoms with E-state index < -0.39 is 0 Å². The molecule has 48 heavy (non-hydrogen) atoms. The van der Waals surface area contributed by atoms with Crippen molar-refractivity contribution in [3.63, 3.8) is 0 Å². The van der Waals surface area contributed by atoms with Crippen LogP contribution in [-0.2, 0) is 4.74 Å². The number of benzene rings is 4. The fourth-order valence-corrected chi connectivity index (χ4v) is 5.71. The number of ether oxygens (including phenoxy) is 3. The highest BCUT2D eigenvalue weighted by Crippen LogP contribution is 2.34. The van der Waals surface area contributed by atoms with Gasteiger partial charge in [0.05, 0.1) is 47.9 Å². The lowest BCUT2D eigenvalue weighted by Crippen LogP contribution is -2.64. The summed E-state index contributed by atoms with van der Waals surface area (Å²) in [7, 11) is 3.22. The summed E-state index contributed by atoms with van der Waals surface area (Å²) < 4.78 is 23.5. The second kappa shape index (κ2) is 13.2. The molecule has 6 heteroatoms. The summed E-state index contributed by atoms with van der Waals surface area (Å²) in [5.41, 5.74) is 3.44. The average Bonchev–Trinajstić information content (AvgIpc) is 3.16. The maximum absolute atomic E-state index is 13.5. The largest absolute Gasteiger partial charge is 0.497 e. The maximum atomic E-state index is 13.5. The van der Waals surface area contributed by atoms with Gasteiger partial charge in [-0.1, -0.05) is 72.8 Å². The summed E-state index contributed by atoms with van der Waals surface area (Å²) >= 11 is 0. The van der Waals surface area contributed by atoms with Crippen LogP contribution in [0.1, 0.15) is 16.7 Å². The maximum Gasteiger partial charge on any atom is 0.361 e. The van der Waals surface area contributed by atoms with Crippen molar-refractivity contribution in [2.24, 2.45) is 5.92 Å². The standard InChI is InChI=1S/C42H31O6/c1-45-33-17-9-15-31(25-33)39-23-27(21-37(47-39)29-11-5-3-6-12-29)19-35-41(43)36(42(35)44)20-28-22-38(30-13-7-4-8-14-30)48-40(24-28)32-16-10-18-34(26-32)46-2/h3-27H,1-2H3/q+1. The van der Waals surface area contributed by atoms with Gasteiger partial charge in [0.1, 0.15) is 23.0 Å². The predicted molar refractivity (Wildman–Crippen MR) is 189 cm³/mol. The van der Waals surface area contributed by atoms with Gasteiger partial charge in [0.2, 0.25) is 10.9 Å². The molecule has 1 aromatic heterocycles. The fraction of sp³-hybridized carbons (Fsp3) is 0.0714. The van der Waals surface area contributed by atoms with Crippen LogP contribution in [0.25, 0.3) is 46.3 Å². The molecular formula is C42H31O6+. The molecule has 6 aromatic rings. The molecule has 0 radical (unpaired) electrons. The van der Waals surface area contributed by atoms with E-state index in [2.05, 4.69) is 0 Å². The van der Waals surface area contributed by atoms with E-state index in [0.717, 1.165) is 22.3 Å². The van der Waals surface area contributed by atoms with Crippen molar-refractivity contribution in [2.75, 3.05) is 14.2 Å². The van der Waals surface area contributed by atoms with Gasteiger partial charge in [-0.25, -0.2) is 4.42 Å². The van der Waals surface area contributed by atoms with Gasteiger partial charge in [0.15, 0.2) is 0 Å². The Bertz CT molecular complexity index is 2350. The van der Waals surface area contributed by atoms with Crippen molar-refractivity contribution >= 4 is 23.7 Å². The summed E-state index contributed by atoms with van der Waals surface area (Å²) in [6.45, 7) is 0. The molecule has 1 unspecified atom stereocenters. The Morgan fingerprint density at radius 1 is 0.583 bits per heavy atom. The van der Waals surface area contributed by atoms with Crippen LogP contribution in [0.4, 0.5) is 0 Å². The van der Waals surface area contributed by atoms with Crippen LogP contribution in [0, 0.1) is 5.92 Å². The van der Waals surface area contributed by atoms with E-state index in [1.807, 2.05) is 133 Å². The highest BCUT2D eigenvalue weighted by molar-refractivity contribution is 5.75. The van der Waals surface area contributed by atoms with Crippen LogP contribution in [0.2, 0.25) is 0 Å². The minimum absolute atomic E-state index is 0.124. The highest BCUT2D eigenvalue weighted by Gasteiger charge is 2.22. The Labute approximate surface area is 277 Å². The van der Waals surface area contributed by atoms with E-state index in [4.69, 9.17) is 18.6 Å². The fourth-order valence-electron chi connectivity index (χ4n) is 5.71. The smallest absolute Gasteiger partial charge is 0.361 e. The molecule has 1 atom stereocenters. The molecule has 0 spiro atoms. The third-order valence-electron chi connectivity index (χ3n) is 8.20. The van der Waals surface area contributed by atoms with Crippen LogP contribution in [0.15, 0.2) is 147 Å². The Balaban J connectivity index is 1.31. The zero-order valence-corrected chi connectivity index (χ0v) is 26.4. The van der Waals surface area contributed by atoms with Gasteiger partial charge in [0.25, 0.3) is 0 Å². The van der Waals surface area contributed by atoms with Gasteiger partial charge in [-0.15, -0.1) is 0 Å². The van der Waals surface area contributed by atoms with Gasteiger partial charge in [-0.05, 0) is 66.3 Å². The molecule has 1 aliphatic rings. The van der Waals surface area contributed by atoms with E-state index in [0.29, 0.717) is 40.1 Å². The second-order valence-corrected chi connectivity index (χ2v) is 11.4. The molecule has 6 nitrogen and oxygen atoms in total. The van der Waals surface area contributed by atoms with E-state index in [9.17, 15) is 9.59 Å². The topological polar surface area (TPSA) is 73.1 Å². The van der Waals surface area contributed by atoms with Gasteiger partial charge in [0, 0.05) is 17.0 Å². The zero-order chi connectivity index (χ0) is 33.0.